The summed E-state index contributed by atoms with van der Waals surface area (Å²) >= 11 is 0. The zero-order valence-corrected chi connectivity index (χ0v) is 10.7. The minimum atomic E-state index is -0.913. The van der Waals surface area contributed by atoms with Gasteiger partial charge in [0.25, 0.3) is 0 Å². The Hall–Kier alpha value is -1.84. The quantitative estimate of drug-likeness (QED) is 0.907. The average Bonchev–Trinajstić information content (AvgIpc) is 3.15. The van der Waals surface area contributed by atoms with Crippen molar-refractivity contribution in [1.29, 1.82) is 0 Å². The molecule has 1 saturated heterocycles. The van der Waals surface area contributed by atoms with Crippen LogP contribution < -0.4 is 0 Å². The topological polar surface area (TPSA) is 57.6 Å². The number of rotatable bonds is 3. The van der Waals surface area contributed by atoms with Crippen molar-refractivity contribution in [1.82, 2.24) is 4.90 Å². The number of amides is 1. The fraction of sp³-hybridized carbons (Fsp3) is 0.467. The van der Waals surface area contributed by atoms with Gasteiger partial charge in [0.05, 0.1) is 11.6 Å². The summed E-state index contributed by atoms with van der Waals surface area (Å²) in [6.07, 6.45) is 4.06. The van der Waals surface area contributed by atoms with Crippen LogP contribution in [0.1, 0.15) is 47.6 Å². The number of nitrogens with zero attached hydrogens (tertiary/aromatic N) is 1. The second-order valence-electron chi connectivity index (χ2n) is 5.39. The van der Waals surface area contributed by atoms with Gasteiger partial charge >= 0.3 is 5.97 Å². The number of benzene rings is 1. The second-order valence-corrected chi connectivity index (χ2v) is 5.39. The molecule has 1 heterocycles. The molecule has 1 amide bonds. The molecule has 3 rings (SSSR count). The van der Waals surface area contributed by atoms with E-state index in [4.69, 9.17) is 5.11 Å². The SMILES string of the molecule is O=C(O)c1ccc(C2CCCN2C(=O)C2CC2)cc1. The molecule has 0 aromatic heterocycles. The van der Waals surface area contributed by atoms with Crippen LogP contribution in [-0.2, 0) is 4.79 Å². The van der Waals surface area contributed by atoms with E-state index in [0.717, 1.165) is 37.8 Å². The highest BCUT2D eigenvalue weighted by Crippen LogP contribution is 2.38. The standard InChI is InChI=1S/C15H17NO3/c17-14(11-5-6-11)16-9-1-2-13(16)10-3-7-12(8-4-10)15(18)19/h3-4,7-8,11,13H,1-2,5-6,9H2,(H,18,19). The first-order chi connectivity index (χ1) is 9.16. The van der Waals surface area contributed by atoms with Crippen molar-refractivity contribution in [2.75, 3.05) is 6.54 Å². The highest BCUT2D eigenvalue weighted by Gasteiger charge is 2.38. The Morgan fingerprint density at radius 1 is 1.11 bits per heavy atom. The Bertz CT molecular complexity index is 505. The summed E-state index contributed by atoms with van der Waals surface area (Å²) in [5, 5.41) is 8.90. The van der Waals surface area contributed by atoms with E-state index in [1.54, 1.807) is 12.1 Å². The van der Waals surface area contributed by atoms with Crippen LogP contribution in [0.4, 0.5) is 0 Å². The van der Waals surface area contributed by atoms with E-state index in [2.05, 4.69) is 0 Å². The van der Waals surface area contributed by atoms with Crippen LogP contribution >= 0.6 is 0 Å². The predicted molar refractivity (Wildman–Crippen MR) is 69.8 cm³/mol. The fourth-order valence-corrected chi connectivity index (χ4v) is 2.79. The zero-order chi connectivity index (χ0) is 13.4. The molecule has 4 heteroatoms. The van der Waals surface area contributed by atoms with Crippen molar-refractivity contribution in [3.8, 4) is 0 Å². The second kappa shape index (κ2) is 4.68. The van der Waals surface area contributed by atoms with Crippen molar-refractivity contribution >= 4 is 11.9 Å². The third-order valence-electron chi connectivity index (χ3n) is 4.00. The molecule has 0 bridgehead atoms. The summed E-state index contributed by atoms with van der Waals surface area (Å²) in [5.41, 5.74) is 1.35. The molecule has 1 aliphatic heterocycles. The molecule has 2 aliphatic rings. The van der Waals surface area contributed by atoms with Crippen molar-refractivity contribution in [3.05, 3.63) is 35.4 Å². The predicted octanol–water partition coefficient (Wildman–Crippen LogP) is 2.46. The van der Waals surface area contributed by atoms with Crippen molar-refractivity contribution in [3.63, 3.8) is 0 Å². The number of carbonyl (C=O) groups excluding carboxylic acids is 1. The molecular weight excluding hydrogens is 242 g/mol. The van der Waals surface area contributed by atoms with Crippen LogP contribution in [-0.4, -0.2) is 28.4 Å². The summed E-state index contributed by atoms with van der Waals surface area (Å²) < 4.78 is 0. The number of carboxylic acid groups (broad SMARTS) is 1. The summed E-state index contributed by atoms with van der Waals surface area (Å²) in [4.78, 5) is 25.0. The molecule has 0 radical (unpaired) electrons. The van der Waals surface area contributed by atoms with E-state index in [0.29, 0.717) is 5.56 Å². The van der Waals surface area contributed by atoms with Gasteiger partial charge in [0.15, 0.2) is 0 Å². The summed E-state index contributed by atoms with van der Waals surface area (Å²) in [6, 6.07) is 7.06. The number of carboxylic acids is 1. The molecule has 1 saturated carbocycles. The van der Waals surface area contributed by atoms with Crippen LogP contribution in [0, 0.1) is 5.92 Å². The maximum absolute atomic E-state index is 12.2. The lowest BCUT2D eigenvalue weighted by Crippen LogP contribution is -2.31. The van der Waals surface area contributed by atoms with E-state index in [-0.39, 0.29) is 17.9 Å². The lowest BCUT2D eigenvalue weighted by molar-refractivity contribution is -0.133. The van der Waals surface area contributed by atoms with E-state index in [1.165, 1.54) is 0 Å². The lowest BCUT2D eigenvalue weighted by Gasteiger charge is -2.25. The van der Waals surface area contributed by atoms with Gasteiger partial charge in [0.2, 0.25) is 5.91 Å². The first-order valence-corrected chi connectivity index (χ1v) is 6.80. The largest absolute Gasteiger partial charge is 0.478 e. The highest BCUT2D eigenvalue weighted by atomic mass is 16.4. The van der Waals surface area contributed by atoms with Gasteiger partial charge in [0, 0.05) is 12.5 Å². The molecule has 2 fully saturated rings. The monoisotopic (exact) mass is 259 g/mol. The highest BCUT2D eigenvalue weighted by molar-refractivity contribution is 5.87. The van der Waals surface area contributed by atoms with E-state index >= 15 is 0 Å². The van der Waals surface area contributed by atoms with Gasteiger partial charge in [-0.3, -0.25) is 4.79 Å². The Morgan fingerprint density at radius 3 is 2.37 bits per heavy atom. The maximum Gasteiger partial charge on any atom is 0.335 e. The third-order valence-corrected chi connectivity index (χ3v) is 4.00. The molecule has 1 N–H and O–H groups in total. The van der Waals surface area contributed by atoms with Gasteiger partial charge in [-0.1, -0.05) is 12.1 Å². The van der Waals surface area contributed by atoms with E-state index in [1.807, 2.05) is 17.0 Å². The Morgan fingerprint density at radius 2 is 1.79 bits per heavy atom. The van der Waals surface area contributed by atoms with Crippen LogP contribution in [0.2, 0.25) is 0 Å². The number of aromatic carboxylic acids is 1. The van der Waals surface area contributed by atoms with Crippen LogP contribution in [0.25, 0.3) is 0 Å². The summed E-state index contributed by atoms with van der Waals surface area (Å²) in [5.74, 6) is -0.382. The van der Waals surface area contributed by atoms with Gasteiger partial charge in [-0.25, -0.2) is 4.79 Å². The fourth-order valence-electron chi connectivity index (χ4n) is 2.79. The van der Waals surface area contributed by atoms with Gasteiger partial charge in [-0.05, 0) is 43.4 Å². The molecule has 1 aromatic rings. The first kappa shape index (κ1) is 12.2. The van der Waals surface area contributed by atoms with Gasteiger partial charge in [0.1, 0.15) is 0 Å². The molecule has 1 atom stereocenters. The summed E-state index contributed by atoms with van der Waals surface area (Å²) in [6.45, 7) is 0.834. The molecule has 1 aromatic carbocycles. The van der Waals surface area contributed by atoms with E-state index < -0.39 is 5.97 Å². The van der Waals surface area contributed by atoms with Crippen LogP contribution in [0.3, 0.4) is 0 Å². The first-order valence-electron chi connectivity index (χ1n) is 6.80. The lowest BCUT2D eigenvalue weighted by atomic mass is 10.0. The molecule has 0 spiro atoms. The average molecular weight is 259 g/mol. The van der Waals surface area contributed by atoms with Crippen LogP contribution in [0.15, 0.2) is 24.3 Å². The van der Waals surface area contributed by atoms with Gasteiger partial charge < -0.3 is 10.0 Å². The number of carbonyl (C=O) groups is 2. The number of hydrogen-bond donors (Lipinski definition) is 1. The Balaban J connectivity index is 1.79. The minimum Gasteiger partial charge on any atom is -0.478 e. The third kappa shape index (κ3) is 2.35. The smallest absolute Gasteiger partial charge is 0.335 e. The normalized spacial score (nSPS) is 22.5. The molecule has 1 unspecified atom stereocenters. The Kier molecular flexibility index (Phi) is 3.01. The van der Waals surface area contributed by atoms with Gasteiger partial charge in [-0.15, -0.1) is 0 Å². The Labute approximate surface area is 112 Å². The molecule has 4 nitrogen and oxygen atoms in total. The van der Waals surface area contributed by atoms with E-state index in [9.17, 15) is 9.59 Å². The molecule has 19 heavy (non-hydrogen) atoms. The number of hydrogen-bond acceptors (Lipinski definition) is 2. The number of likely N-dealkylation sites (tertiary alicyclic amines) is 1. The van der Waals surface area contributed by atoms with Crippen LogP contribution in [0.5, 0.6) is 0 Å². The minimum absolute atomic E-state index is 0.135. The molecular formula is C15H17NO3. The van der Waals surface area contributed by atoms with Crippen molar-refractivity contribution in [2.24, 2.45) is 5.92 Å². The maximum atomic E-state index is 12.2. The van der Waals surface area contributed by atoms with Gasteiger partial charge in [-0.2, -0.15) is 0 Å². The van der Waals surface area contributed by atoms with Crippen molar-refractivity contribution in [2.45, 2.75) is 31.7 Å². The molecule has 100 valence electrons. The summed E-state index contributed by atoms with van der Waals surface area (Å²) in [7, 11) is 0. The van der Waals surface area contributed by atoms with Crippen molar-refractivity contribution < 1.29 is 14.7 Å². The zero-order valence-electron chi connectivity index (χ0n) is 10.7. The molecule has 1 aliphatic carbocycles.